The summed E-state index contributed by atoms with van der Waals surface area (Å²) in [6, 6.07) is 11.7. The standard InChI is InChI=1S/C16H19N3OS/c1-12-11-14(20-2)6-7-15(12)19-16(21)18-10-8-13-5-3-4-9-17-13/h3-7,9,11H,8,10H2,1-2H3,(H2,18,19,21). The Kier molecular flexibility index (Phi) is 5.51. The number of aryl methyl sites for hydroxylation is 1. The third kappa shape index (κ3) is 4.72. The summed E-state index contributed by atoms with van der Waals surface area (Å²) in [6.07, 6.45) is 2.64. The van der Waals surface area contributed by atoms with Crippen LogP contribution < -0.4 is 15.4 Å². The van der Waals surface area contributed by atoms with E-state index in [1.807, 2.05) is 43.3 Å². The molecule has 0 aliphatic heterocycles. The maximum atomic E-state index is 5.30. The molecule has 1 heterocycles. The van der Waals surface area contributed by atoms with Gasteiger partial charge in [0.2, 0.25) is 0 Å². The summed E-state index contributed by atoms with van der Waals surface area (Å²) >= 11 is 5.30. The van der Waals surface area contributed by atoms with Gasteiger partial charge in [0.25, 0.3) is 0 Å². The van der Waals surface area contributed by atoms with Gasteiger partial charge in [-0.1, -0.05) is 6.07 Å². The molecule has 0 saturated carbocycles. The van der Waals surface area contributed by atoms with Crippen molar-refractivity contribution in [3.8, 4) is 5.75 Å². The summed E-state index contributed by atoms with van der Waals surface area (Å²) in [6.45, 7) is 2.76. The van der Waals surface area contributed by atoms with Crippen LogP contribution in [0.2, 0.25) is 0 Å². The number of hydrogen-bond acceptors (Lipinski definition) is 3. The predicted molar refractivity (Wildman–Crippen MR) is 89.9 cm³/mol. The molecule has 5 heteroatoms. The van der Waals surface area contributed by atoms with Crippen LogP contribution >= 0.6 is 12.2 Å². The van der Waals surface area contributed by atoms with Crippen molar-refractivity contribution in [1.29, 1.82) is 0 Å². The van der Waals surface area contributed by atoms with Crippen molar-refractivity contribution in [3.05, 3.63) is 53.9 Å². The largest absolute Gasteiger partial charge is 0.497 e. The number of ether oxygens (including phenoxy) is 1. The lowest BCUT2D eigenvalue weighted by atomic mass is 10.2. The van der Waals surface area contributed by atoms with E-state index in [4.69, 9.17) is 17.0 Å². The summed E-state index contributed by atoms with van der Waals surface area (Å²) in [5.74, 6) is 0.840. The van der Waals surface area contributed by atoms with Crippen molar-refractivity contribution < 1.29 is 4.74 Å². The predicted octanol–water partition coefficient (Wildman–Crippen LogP) is 2.93. The zero-order chi connectivity index (χ0) is 15.1. The minimum atomic E-state index is 0.610. The number of nitrogens with zero attached hydrogens (tertiary/aromatic N) is 1. The zero-order valence-electron chi connectivity index (χ0n) is 12.2. The molecule has 0 saturated heterocycles. The highest BCUT2D eigenvalue weighted by Gasteiger charge is 2.03. The first-order chi connectivity index (χ1) is 10.2. The maximum Gasteiger partial charge on any atom is 0.170 e. The van der Waals surface area contributed by atoms with E-state index in [0.29, 0.717) is 5.11 Å². The van der Waals surface area contributed by atoms with Gasteiger partial charge in [0, 0.05) is 30.5 Å². The first-order valence-electron chi connectivity index (χ1n) is 6.78. The molecule has 21 heavy (non-hydrogen) atoms. The molecule has 2 N–H and O–H groups in total. The van der Waals surface area contributed by atoms with E-state index in [2.05, 4.69) is 15.6 Å². The molecule has 0 unspecified atom stereocenters. The van der Waals surface area contributed by atoms with Gasteiger partial charge in [0.1, 0.15) is 5.75 Å². The van der Waals surface area contributed by atoms with E-state index in [9.17, 15) is 0 Å². The number of nitrogens with one attached hydrogen (secondary N) is 2. The third-order valence-corrected chi connectivity index (χ3v) is 3.32. The molecule has 2 rings (SSSR count). The van der Waals surface area contributed by atoms with Crippen LogP contribution in [-0.2, 0) is 6.42 Å². The summed E-state index contributed by atoms with van der Waals surface area (Å²) in [5.41, 5.74) is 3.11. The Bertz CT molecular complexity index is 602. The molecule has 4 nitrogen and oxygen atoms in total. The second kappa shape index (κ2) is 7.59. The van der Waals surface area contributed by atoms with Gasteiger partial charge in [-0.3, -0.25) is 4.98 Å². The fourth-order valence-electron chi connectivity index (χ4n) is 1.92. The van der Waals surface area contributed by atoms with Gasteiger partial charge in [0.05, 0.1) is 7.11 Å². The second-order valence-corrected chi connectivity index (χ2v) is 5.04. The minimum absolute atomic E-state index is 0.610. The van der Waals surface area contributed by atoms with Crippen LogP contribution in [0.1, 0.15) is 11.3 Å². The van der Waals surface area contributed by atoms with E-state index >= 15 is 0 Å². The van der Waals surface area contributed by atoms with Crippen LogP contribution in [0.25, 0.3) is 0 Å². The average molecular weight is 301 g/mol. The molecule has 1 aromatic carbocycles. The van der Waals surface area contributed by atoms with E-state index in [-0.39, 0.29) is 0 Å². The maximum absolute atomic E-state index is 5.30. The molecular weight excluding hydrogens is 282 g/mol. The van der Waals surface area contributed by atoms with Gasteiger partial charge in [-0.15, -0.1) is 0 Å². The Morgan fingerprint density at radius 2 is 2.14 bits per heavy atom. The molecule has 0 aliphatic carbocycles. The second-order valence-electron chi connectivity index (χ2n) is 4.63. The highest BCUT2D eigenvalue weighted by Crippen LogP contribution is 2.20. The topological polar surface area (TPSA) is 46.2 Å². The Morgan fingerprint density at radius 3 is 2.81 bits per heavy atom. The van der Waals surface area contributed by atoms with Crippen LogP contribution in [0.4, 0.5) is 5.69 Å². The van der Waals surface area contributed by atoms with E-state index < -0.39 is 0 Å². The molecule has 1 aromatic heterocycles. The average Bonchev–Trinajstić information content (AvgIpc) is 2.50. The van der Waals surface area contributed by atoms with Crippen molar-refractivity contribution in [2.45, 2.75) is 13.3 Å². The van der Waals surface area contributed by atoms with Gasteiger partial charge in [-0.05, 0) is 55.0 Å². The van der Waals surface area contributed by atoms with E-state index in [1.165, 1.54) is 0 Å². The summed E-state index contributed by atoms with van der Waals surface area (Å²) in [4.78, 5) is 4.28. The molecular formula is C16H19N3OS. The molecule has 0 radical (unpaired) electrons. The number of hydrogen-bond donors (Lipinski definition) is 2. The lowest BCUT2D eigenvalue weighted by Gasteiger charge is -2.13. The number of pyridine rings is 1. The number of methoxy groups -OCH3 is 1. The molecule has 0 bridgehead atoms. The SMILES string of the molecule is COc1ccc(NC(=S)NCCc2ccccn2)c(C)c1. The van der Waals surface area contributed by atoms with Crippen molar-refractivity contribution in [3.63, 3.8) is 0 Å². The van der Waals surface area contributed by atoms with Gasteiger partial charge < -0.3 is 15.4 Å². The Labute approximate surface area is 130 Å². The Balaban J connectivity index is 1.82. The van der Waals surface area contributed by atoms with Gasteiger partial charge in [0.15, 0.2) is 5.11 Å². The number of benzene rings is 1. The molecule has 0 atom stereocenters. The number of anilines is 1. The van der Waals surface area contributed by atoms with E-state index in [0.717, 1.165) is 35.7 Å². The van der Waals surface area contributed by atoms with Crippen molar-refractivity contribution in [2.75, 3.05) is 19.0 Å². The van der Waals surface area contributed by atoms with Crippen molar-refractivity contribution in [2.24, 2.45) is 0 Å². The smallest absolute Gasteiger partial charge is 0.170 e. The highest BCUT2D eigenvalue weighted by molar-refractivity contribution is 7.80. The summed E-state index contributed by atoms with van der Waals surface area (Å²) < 4.78 is 5.19. The first kappa shape index (κ1) is 15.3. The number of rotatable bonds is 5. The van der Waals surface area contributed by atoms with Gasteiger partial charge in [-0.25, -0.2) is 0 Å². The Morgan fingerprint density at radius 1 is 1.29 bits per heavy atom. The molecule has 110 valence electrons. The van der Waals surface area contributed by atoms with Crippen LogP contribution in [0.3, 0.4) is 0 Å². The molecule has 0 amide bonds. The minimum Gasteiger partial charge on any atom is -0.497 e. The molecule has 2 aromatic rings. The lowest BCUT2D eigenvalue weighted by molar-refractivity contribution is 0.414. The normalized spacial score (nSPS) is 10.0. The molecule has 0 spiro atoms. The summed E-state index contributed by atoms with van der Waals surface area (Å²) in [7, 11) is 1.66. The number of thiocarbonyl (C=S) groups is 1. The van der Waals surface area contributed by atoms with Crippen molar-refractivity contribution in [1.82, 2.24) is 10.3 Å². The van der Waals surface area contributed by atoms with E-state index in [1.54, 1.807) is 13.3 Å². The van der Waals surface area contributed by atoms with Crippen LogP contribution in [0.15, 0.2) is 42.6 Å². The van der Waals surface area contributed by atoms with Gasteiger partial charge >= 0.3 is 0 Å². The first-order valence-corrected chi connectivity index (χ1v) is 7.19. The monoisotopic (exact) mass is 301 g/mol. The van der Waals surface area contributed by atoms with Crippen molar-refractivity contribution >= 4 is 23.0 Å². The fourth-order valence-corrected chi connectivity index (χ4v) is 2.13. The molecule has 0 aliphatic rings. The zero-order valence-corrected chi connectivity index (χ0v) is 13.0. The fraction of sp³-hybridized carbons (Fsp3) is 0.250. The third-order valence-electron chi connectivity index (χ3n) is 3.07. The summed E-state index contributed by atoms with van der Waals surface area (Å²) in [5, 5.41) is 6.99. The molecule has 0 fully saturated rings. The Hall–Kier alpha value is -2.14. The van der Waals surface area contributed by atoms with Crippen LogP contribution in [0.5, 0.6) is 5.75 Å². The highest BCUT2D eigenvalue weighted by atomic mass is 32.1. The quantitative estimate of drug-likeness (QED) is 0.832. The van der Waals surface area contributed by atoms with Gasteiger partial charge in [-0.2, -0.15) is 0 Å². The number of aromatic nitrogens is 1. The lowest BCUT2D eigenvalue weighted by Crippen LogP contribution is -2.30. The van der Waals surface area contributed by atoms with Crippen LogP contribution in [0, 0.1) is 6.92 Å². The van der Waals surface area contributed by atoms with Crippen LogP contribution in [-0.4, -0.2) is 23.8 Å².